The van der Waals surface area contributed by atoms with Crippen molar-refractivity contribution in [1.82, 2.24) is 5.32 Å². The van der Waals surface area contributed by atoms with Crippen LogP contribution >= 0.6 is 7.82 Å². The van der Waals surface area contributed by atoms with Crippen LogP contribution < -0.4 is 5.32 Å². The third-order valence-corrected chi connectivity index (χ3v) is 18.3. The number of amides is 1. The SMILES string of the molecule is CCCCC/C=C\C/C=C\C/C=C\CCCCCCCCCCCCC(=O)OC(/C=C/CCCCCCCCCCC)C(COP(=O)(O)OCC[N+](C)(C)C)NC(=O)CCCCCCCCCCCCCCCCCCCCCCCCCCCCC. The summed E-state index contributed by atoms with van der Waals surface area (Å²) in [4.78, 5) is 37.9. The fourth-order valence-electron chi connectivity index (χ4n) is 11.4. The van der Waals surface area contributed by atoms with Crippen molar-refractivity contribution in [2.75, 3.05) is 40.9 Å². The summed E-state index contributed by atoms with van der Waals surface area (Å²) >= 11 is 0. The van der Waals surface area contributed by atoms with Crippen molar-refractivity contribution in [3.8, 4) is 0 Å². The molecule has 9 nitrogen and oxygen atoms in total. The molecule has 0 aromatic carbocycles. The summed E-state index contributed by atoms with van der Waals surface area (Å²) in [6.07, 6.45) is 85.7. The van der Waals surface area contributed by atoms with E-state index in [0.717, 1.165) is 70.6 Å². The van der Waals surface area contributed by atoms with Crippen LogP contribution in [0.3, 0.4) is 0 Å². The summed E-state index contributed by atoms with van der Waals surface area (Å²) in [7, 11) is 1.51. The number of hydrogen-bond donors (Lipinski definition) is 2. The van der Waals surface area contributed by atoms with E-state index in [-0.39, 0.29) is 31.5 Å². The third kappa shape index (κ3) is 68.2. The van der Waals surface area contributed by atoms with Gasteiger partial charge in [-0.05, 0) is 70.3 Å². The molecule has 87 heavy (non-hydrogen) atoms. The number of phosphoric acid groups is 1. The van der Waals surface area contributed by atoms with E-state index in [9.17, 15) is 19.0 Å². The van der Waals surface area contributed by atoms with Crippen LogP contribution in [0.2, 0.25) is 0 Å². The molecule has 0 saturated carbocycles. The zero-order valence-electron chi connectivity index (χ0n) is 58.8. The number of phosphoric ester groups is 1. The Morgan fingerprint density at radius 3 is 1.07 bits per heavy atom. The lowest BCUT2D eigenvalue weighted by molar-refractivity contribution is -0.870. The standard InChI is InChI=1S/C77H147N2O7P/c1-7-10-13-16-19-22-25-27-29-31-33-35-37-38-39-40-42-43-45-47-49-51-54-57-60-63-66-69-76(80)78-74(73-85-87(82,83)84-72-71-79(4,5)6)75(68-65-62-59-56-53-24-21-18-15-12-9-3)86-77(81)70-67-64-61-58-55-52-50-48-46-44-41-36-34-32-30-28-26-23-20-17-14-11-8-2/h20,23,28,30,34,36,65,68,74-75H,7-19,21-22,24-27,29,31-33,35,37-64,66-67,69-73H2,1-6H3,(H-,78,80,82,83)/p+1/b23-20-,30-28-,36-34-,68-65+. The number of nitrogens with one attached hydrogen (secondary N) is 1. The van der Waals surface area contributed by atoms with Gasteiger partial charge in [0.1, 0.15) is 19.3 Å². The average molecular weight is 1250 g/mol. The molecular weight excluding hydrogens is 1100 g/mol. The zero-order valence-corrected chi connectivity index (χ0v) is 59.7. The van der Waals surface area contributed by atoms with Crippen molar-refractivity contribution in [3.63, 3.8) is 0 Å². The fourth-order valence-corrected chi connectivity index (χ4v) is 12.2. The Morgan fingerprint density at radius 1 is 0.402 bits per heavy atom. The summed E-state index contributed by atoms with van der Waals surface area (Å²) < 4.78 is 30.9. The third-order valence-electron chi connectivity index (χ3n) is 17.3. The highest BCUT2D eigenvalue weighted by Crippen LogP contribution is 2.43. The Kier molecular flexibility index (Phi) is 65.3. The number of nitrogens with zero attached hydrogens (tertiary/aromatic N) is 1. The first kappa shape index (κ1) is 85.0. The van der Waals surface area contributed by atoms with E-state index < -0.39 is 20.0 Å². The maximum Gasteiger partial charge on any atom is 0.472 e. The number of ether oxygens (including phenoxy) is 1. The molecule has 0 rings (SSSR count). The molecule has 0 spiro atoms. The molecule has 0 bridgehead atoms. The minimum Gasteiger partial charge on any atom is -0.456 e. The van der Waals surface area contributed by atoms with E-state index in [1.807, 2.05) is 33.3 Å². The summed E-state index contributed by atoms with van der Waals surface area (Å²) in [6.45, 7) is 7.04. The van der Waals surface area contributed by atoms with Gasteiger partial charge in [-0.2, -0.15) is 0 Å². The van der Waals surface area contributed by atoms with Gasteiger partial charge in [-0.1, -0.05) is 346 Å². The predicted octanol–water partition coefficient (Wildman–Crippen LogP) is 24.4. The quantitative estimate of drug-likeness (QED) is 0.0205. The lowest BCUT2D eigenvalue weighted by Crippen LogP contribution is -2.47. The van der Waals surface area contributed by atoms with Gasteiger partial charge in [0, 0.05) is 12.8 Å². The molecule has 0 aromatic heterocycles. The van der Waals surface area contributed by atoms with Gasteiger partial charge in [0.2, 0.25) is 5.91 Å². The molecule has 0 radical (unpaired) electrons. The summed E-state index contributed by atoms with van der Waals surface area (Å²) in [5, 5.41) is 3.08. The van der Waals surface area contributed by atoms with Crippen molar-refractivity contribution in [3.05, 3.63) is 48.6 Å². The Bertz CT molecular complexity index is 1620. The van der Waals surface area contributed by atoms with E-state index in [1.54, 1.807) is 0 Å². The van der Waals surface area contributed by atoms with Crippen LogP contribution in [0.1, 0.15) is 380 Å². The fraction of sp³-hybridized carbons (Fsp3) is 0.870. The van der Waals surface area contributed by atoms with Gasteiger partial charge in [0.05, 0.1) is 33.8 Å². The Balaban J connectivity index is 4.91. The van der Waals surface area contributed by atoms with E-state index in [4.69, 9.17) is 13.8 Å². The lowest BCUT2D eigenvalue weighted by atomic mass is 10.0. The average Bonchev–Trinajstić information content (AvgIpc) is 3.70. The van der Waals surface area contributed by atoms with E-state index in [1.165, 1.54) is 276 Å². The summed E-state index contributed by atoms with van der Waals surface area (Å²) in [6, 6.07) is -0.849. The molecular formula is C77H148N2O7P+. The molecule has 512 valence electrons. The molecule has 3 unspecified atom stereocenters. The van der Waals surface area contributed by atoms with Gasteiger partial charge in [0.15, 0.2) is 0 Å². The number of carbonyl (C=O) groups is 2. The molecule has 1 amide bonds. The molecule has 0 heterocycles. The predicted molar refractivity (Wildman–Crippen MR) is 379 cm³/mol. The van der Waals surface area contributed by atoms with E-state index in [0.29, 0.717) is 17.4 Å². The van der Waals surface area contributed by atoms with Crippen LogP contribution in [0.25, 0.3) is 0 Å². The van der Waals surface area contributed by atoms with E-state index in [2.05, 4.69) is 62.5 Å². The normalized spacial score (nSPS) is 13.7. The second-order valence-corrected chi connectivity index (χ2v) is 28.6. The molecule has 10 heteroatoms. The zero-order chi connectivity index (χ0) is 63.5. The molecule has 0 saturated heterocycles. The highest BCUT2D eigenvalue weighted by atomic mass is 31.2. The second kappa shape index (κ2) is 66.9. The van der Waals surface area contributed by atoms with Gasteiger partial charge >= 0.3 is 13.8 Å². The molecule has 2 N–H and O–H groups in total. The van der Waals surface area contributed by atoms with Gasteiger partial charge in [0.25, 0.3) is 0 Å². The molecule has 0 fully saturated rings. The number of rotatable bonds is 70. The van der Waals surface area contributed by atoms with Crippen molar-refractivity contribution < 1.29 is 37.3 Å². The number of unbranched alkanes of at least 4 members (excludes halogenated alkanes) is 48. The monoisotopic (exact) mass is 1240 g/mol. The van der Waals surface area contributed by atoms with Crippen LogP contribution in [-0.2, 0) is 27.9 Å². The highest BCUT2D eigenvalue weighted by Gasteiger charge is 2.30. The van der Waals surface area contributed by atoms with Crippen LogP contribution in [0.15, 0.2) is 48.6 Å². The first-order chi connectivity index (χ1) is 42.4. The first-order valence-electron chi connectivity index (χ1n) is 38.0. The summed E-state index contributed by atoms with van der Waals surface area (Å²) in [5.41, 5.74) is 0. The Labute approximate surface area is 541 Å². The van der Waals surface area contributed by atoms with Crippen LogP contribution in [-0.4, -0.2) is 74.3 Å². The van der Waals surface area contributed by atoms with E-state index >= 15 is 0 Å². The van der Waals surface area contributed by atoms with Crippen molar-refractivity contribution in [2.24, 2.45) is 0 Å². The largest absolute Gasteiger partial charge is 0.472 e. The van der Waals surface area contributed by atoms with Crippen LogP contribution in [0.4, 0.5) is 0 Å². The van der Waals surface area contributed by atoms with Crippen molar-refractivity contribution in [1.29, 1.82) is 0 Å². The Hall–Kier alpha value is -2.03. The van der Waals surface area contributed by atoms with Gasteiger partial charge in [-0.3, -0.25) is 18.6 Å². The molecule has 0 aliphatic rings. The maximum absolute atomic E-state index is 13.6. The second-order valence-electron chi connectivity index (χ2n) is 27.2. The van der Waals surface area contributed by atoms with Gasteiger partial charge in [-0.25, -0.2) is 4.57 Å². The van der Waals surface area contributed by atoms with Crippen LogP contribution in [0.5, 0.6) is 0 Å². The minimum absolute atomic E-state index is 0.0414. The van der Waals surface area contributed by atoms with Crippen molar-refractivity contribution >= 4 is 19.7 Å². The number of likely N-dealkylation sites (N-methyl/N-ethyl adjacent to an activating group) is 1. The highest BCUT2D eigenvalue weighted by molar-refractivity contribution is 7.47. The smallest absolute Gasteiger partial charge is 0.456 e. The molecule has 0 aromatic rings. The number of esters is 1. The number of hydrogen-bond acceptors (Lipinski definition) is 6. The maximum atomic E-state index is 13.6. The number of allylic oxidation sites excluding steroid dienone is 7. The van der Waals surface area contributed by atoms with Gasteiger partial charge < -0.3 is 19.4 Å². The Morgan fingerprint density at radius 2 is 0.701 bits per heavy atom. The van der Waals surface area contributed by atoms with Crippen molar-refractivity contribution in [2.45, 2.75) is 392 Å². The molecule has 0 aliphatic carbocycles. The number of quaternary nitrogens is 1. The molecule has 3 atom stereocenters. The van der Waals surface area contributed by atoms with Gasteiger partial charge in [-0.15, -0.1) is 0 Å². The molecule has 0 aliphatic heterocycles. The topological polar surface area (TPSA) is 111 Å². The lowest BCUT2D eigenvalue weighted by Gasteiger charge is -2.27. The number of carbonyl (C=O) groups excluding carboxylic acids is 2. The minimum atomic E-state index is -4.45. The summed E-state index contributed by atoms with van der Waals surface area (Å²) in [5.74, 6) is -0.491. The van der Waals surface area contributed by atoms with Crippen LogP contribution in [0, 0.1) is 0 Å². The first-order valence-corrected chi connectivity index (χ1v) is 39.5.